The molecule has 1 amide bonds. The third-order valence-corrected chi connectivity index (χ3v) is 4.17. The molecule has 1 heterocycles. The average molecular weight is 336 g/mol. The first-order valence-corrected chi connectivity index (χ1v) is 8.31. The van der Waals surface area contributed by atoms with Crippen LogP contribution in [0.5, 0.6) is 5.75 Å². The van der Waals surface area contributed by atoms with Gasteiger partial charge in [0.15, 0.2) is 0 Å². The molecule has 1 saturated heterocycles. The average Bonchev–Trinajstić information content (AvgIpc) is 2.50. The maximum atomic E-state index is 11.9. The summed E-state index contributed by atoms with van der Waals surface area (Å²) in [6.07, 6.45) is 2.01. The molecule has 0 saturated carbocycles. The van der Waals surface area contributed by atoms with Gasteiger partial charge in [-0.15, -0.1) is 0 Å². The van der Waals surface area contributed by atoms with Crippen LogP contribution in [-0.2, 0) is 15.9 Å². The summed E-state index contributed by atoms with van der Waals surface area (Å²) in [5.41, 5.74) is 0.558. The molecule has 0 bridgehead atoms. The second-order valence-electron chi connectivity index (χ2n) is 7.29. The summed E-state index contributed by atoms with van der Waals surface area (Å²) in [6.45, 7) is 7.23. The van der Waals surface area contributed by atoms with Crippen LogP contribution in [0.4, 0.5) is 10.5 Å². The fourth-order valence-corrected chi connectivity index (χ4v) is 2.91. The van der Waals surface area contributed by atoms with Gasteiger partial charge in [-0.1, -0.05) is 6.07 Å². The van der Waals surface area contributed by atoms with Gasteiger partial charge >= 0.3 is 6.09 Å². The number of hydrogen-bond acceptors (Lipinski definition) is 5. The Morgan fingerprint density at radius 3 is 2.58 bits per heavy atom. The van der Waals surface area contributed by atoms with Crippen molar-refractivity contribution in [3.8, 4) is 5.75 Å². The van der Waals surface area contributed by atoms with Crippen LogP contribution in [0.3, 0.4) is 0 Å². The number of nitrogens with one attached hydrogen (secondary N) is 2. The number of aromatic hydroxyl groups is 1. The molecule has 6 heteroatoms. The van der Waals surface area contributed by atoms with Crippen molar-refractivity contribution in [2.24, 2.45) is 0 Å². The third kappa shape index (κ3) is 5.11. The highest BCUT2D eigenvalue weighted by Gasteiger charge is 2.32. The van der Waals surface area contributed by atoms with E-state index in [1.807, 2.05) is 6.07 Å². The lowest BCUT2D eigenvalue weighted by Crippen LogP contribution is -2.44. The van der Waals surface area contributed by atoms with Crippen molar-refractivity contribution >= 4 is 11.8 Å². The van der Waals surface area contributed by atoms with Gasteiger partial charge in [-0.25, -0.2) is 4.79 Å². The van der Waals surface area contributed by atoms with Crippen molar-refractivity contribution in [3.05, 3.63) is 23.8 Å². The Hall–Kier alpha value is -1.79. The van der Waals surface area contributed by atoms with Gasteiger partial charge in [0.2, 0.25) is 0 Å². The molecular weight excluding hydrogens is 308 g/mol. The minimum Gasteiger partial charge on any atom is -0.506 e. The highest BCUT2D eigenvalue weighted by molar-refractivity contribution is 5.87. The highest BCUT2D eigenvalue weighted by atomic mass is 16.6. The molecule has 0 atom stereocenters. The van der Waals surface area contributed by atoms with Gasteiger partial charge in [-0.2, -0.15) is 0 Å². The van der Waals surface area contributed by atoms with E-state index in [1.54, 1.807) is 40.0 Å². The largest absolute Gasteiger partial charge is 0.506 e. The molecular formula is C18H28N2O4. The SMILES string of the molecule is COC1(Cc2ccc(O)c(NC(=O)OC(C)(C)C)c2)CCNCC1. The molecule has 1 aliphatic heterocycles. The number of carbonyl (C=O) groups excluding carboxylic acids is 1. The quantitative estimate of drug-likeness (QED) is 0.737. The Morgan fingerprint density at radius 1 is 1.33 bits per heavy atom. The number of benzene rings is 1. The Morgan fingerprint density at radius 2 is 2.00 bits per heavy atom. The number of rotatable bonds is 4. The molecule has 1 aromatic carbocycles. The van der Waals surface area contributed by atoms with Gasteiger partial charge in [-0.05, 0) is 64.4 Å². The molecule has 1 aromatic rings. The summed E-state index contributed by atoms with van der Waals surface area (Å²) in [7, 11) is 1.74. The molecule has 24 heavy (non-hydrogen) atoms. The second-order valence-corrected chi connectivity index (χ2v) is 7.29. The number of phenolic OH excluding ortho intramolecular Hbond substituents is 1. The van der Waals surface area contributed by atoms with Crippen molar-refractivity contribution in [2.45, 2.75) is 51.2 Å². The monoisotopic (exact) mass is 336 g/mol. The van der Waals surface area contributed by atoms with Crippen LogP contribution in [0.15, 0.2) is 18.2 Å². The lowest BCUT2D eigenvalue weighted by atomic mass is 9.85. The summed E-state index contributed by atoms with van der Waals surface area (Å²) in [5, 5.41) is 15.9. The first-order valence-electron chi connectivity index (χ1n) is 8.31. The van der Waals surface area contributed by atoms with E-state index in [0.29, 0.717) is 5.69 Å². The van der Waals surface area contributed by atoms with Crippen LogP contribution < -0.4 is 10.6 Å². The van der Waals surface area contributed by atoms with Crippen LogP contribution in [0.2, 0.25) is 0 Å². The molecule has 0 aromatic heterocycles. The second kappa shape index (κ2) is 7.40. The zero-order valence-corrected chi connectivity index (χ0v) is 14.9. The Balaban J connectivity index is 2.11. The Bertz CT molecular complexity index is 575. The van der Waals surface area contributed by atoms with Crippen LogP contribution >= 0.6 is 0 Å². The van der Waals surface area contributed by atoms with E-state index in [2.05, 4.69) is 10.6 Å². The van der Waals surface area contributed by atoms with Gasteiger partial charge in [0.25, 0.3) is 0 Å². The molecule has 6 nitrogen and oxygen atoms in total. The zero-order chi connectivity index (χ0) is 17.8. The lowest BCUT2D eigenvalue weighted by molar-refractivity contribution is -0.0333. The number of piperidine rings is 1. The van der Waals surface area contributed by atoms with E-state index in [1.165, 1.54) is 0 Å². The first kappa shape index (κ1) is 18.5. The standard InChI is InChI=1S/C18H28N2O4/c1-17(2,3)24-16(22)20-14-11-13(5-6-15(14)21)12-18(23-4)7-9-19-10-8-18/h5-6,11,19,21H,7-10,12H2,1-4H3,(H,20,22). The van der Waals surface area contributed by atoms with Crippen LogP contribution in [0, 0.1) is 0 Å². The van der Waals surface area contributed by atoms with Gasteiger partial charge < -0.3 is 19.9 Å². The van der Waals surface area contributed by atoms with Gasteiger partial charge in [-0.3, -0.25) is 5.32 Å². The summed E-state index contributed by atoms with van der Waals surface area (Å²) >= 11 is 0. The number of amides is 1. The smallest absolute Gasteiger partial charge is 0.412 e. The first-order chi connectivity index (χ1) is 11.2. The molecule has 3 N–H and O–H groups in total. The number of phenols is 1. The van der Waals surface area contributed by atoms with Crippen LogP contribution in [0.25, 0.3) is 0 Å². The van der Waals surface area contributed by atoms with Gasteiger partial charge in [0.1, 0.15) is 11.4 Å². The van der Waals surface area contributed by atoms with Gasteiger partial charge in [0, 0.05) is 13.5 Å². The summed E-state index contributed by atoms with van der Waals surface area (Å²) < 4.78 is 11.0. The maximum Gasteiger partial charge on any atom is 0.412 e. The zero-order valence-electron chi connectivity index (χ0n) is 14.9. The topological polar surface area (TPSA) is 79.8 Å². The van der Waals surface area contributed by atoms with E-state index in [-0.39, 0.29) is 11.4 Å². The fraction of sp³-hybridized carbons (Fsp3) is 0.611. The molecule has 0 radical (unpaired) electrons. The summed E-state index contributed by atoms with van der Waals surface area (Å²) in [5.74, 6) is 0.0152. The van der Waals surface area contributed by atoms with Crippen molar-refractivity contribution < 1.29 is 19.4 Å². The van der Waals surface area contributed by atoms with E-state index in [0.717, 1.165) is 37.9 Å². The fourth-order valence-electron chi connectivity index (χ4n) is 2.91. The number of ether oxygens (including phenoxy) is 2. The minimum absolute atomic E-state index is 0.0152. The molecule has 0 spiro atoms. The van der Waals surface area contributed by atoms with Crippen molar-refractivity contribution in [1.29, 1.82) is 0 Å². The van der Waals surface area contributed by atoms with Crippen LogP contribution in [0.1, 0.15) is 39.2 Å². The Labute approximate surface area is 143 Å². The summed E-state index contributed by atoms with van der Waals surface area (Å²) in [6, 6.07) is 5.23. The van der Waals surface area contributed by atoms with Gasteiger partial charge in [0.05, 0.1) is 11.3 Å². The van der Waals surface area contributed by atoms with E-state index < -0.39 is 11.7 Å². The number of methoxy groups -OCH3 is 1. The number of hydrogen-bond donors (Lipinski definition) is 3. The normalized spacial score (nSPS) is 17.3. The molecule has 0 unspecified atom stereocenters. The number of carbonyl (C=O) groups is 1. The third-order valence-electron chi connectivity index (χ3n) is 4.17. The Kier molecular flexibility index (Phi) is 5.72. The van der Waals surface area contributed by atoms with Crippen molar-refractivity contribution in [1.82, 2.24) is 5.32 Å². The maximum absolute atomic E-state index is 11.9. The van der Waals surface area contributed by atoms with E-state index in [9.17, 15) is 9.90 Å². The highest BCUT2D eigenvalue weighted by Crippen LogP contribution is 2.31. The lowest BCUT2D eigenvalue weighted by Gasteiger charge is -2.36. The summed E-state index contributed by atoms with van der Waals surface area (Å²) in [4.78, 5) is 11.9. The number of anilines is 1. The van der Waals surface area contributed by atoms with Crippen LogP contribution in [-0.4, -0.2) is 42.6 Å². The molecule has 134 valence electrons. The molecule has 1 aliphatic rings. The van der Waals surface area contributed by atoms with E-state index in [4.69, 9.17) is 9.47 Å². The molecule has 1 fully saturated rings. The van der Waals surface area contributed by atoms with E-state index >= 15 is 0 Å². The predicted molar refractivity (Wildman–Crippen MR) is 93.5 cm³/mol. The van der Waals surface area contributed by atoms with Crippen molar-refractivity contribution in [2.75, 3.05) is 25.5 Å². The van der Waals surface area contributed by atoms with Crippen molar-refractivity contribution in [3.63, 3.8) is 0 Å². The molecule has 2 rings (SSSR count). The molecule has 0 aliphatic carbocycles. The predicted octanol–water partition coefficient (Wildman–Crippen LogP) is 3.05. The minimum atomic E-state index is -0.591.